The first-order valence-corrected chi connectivity index (χ1v) is 12.1. The van der Waals surface area contributed by atoms with Crippen molar-refractivity contribution in [3.63, 3.8) is 0 Å². The highest BCUT2D eigenvalue weighted by molar-refractivity contribution is 14.1. The first-order chi connectivity index (χ1) is 13.7. The predicted octanol–water partition coefficient (Wildman–Crippen LogP) is 7.31. The Morgan fingerprint density at radius 1 is 0.828 bits per heavy atom. The van der Waals surface area contributed by atoms with Crippen molar-refractivity contribution in [1.82, 2.24) is 0 Å². The largest absolute Gasteiger partial charge is 0.322 e. The van der Waals surface area contributed by atoms with Crippen molar-refractivity contribution in [2.75, 3.05) is 10.6 Å². The number of rotatable bonds is 4. The van der Waals surface area contributed by atoms with Crippen molar-refractivity contribution in [2.45, 2.75) is 0 Å². The van der Waals surface area contributed by atoms with Crippen LogP contribution in [0, 0.1) is 10.7 Å². The fourth-order valence-corrected chi connectivity index (χ4v) is 5.20. The molecule has 0 saturated carbocycles. The SMILES string of the molecule is O=C(Nc1cccc(Cl)c1)c1ccc(Cl)c(NC(=O)c2cc(I)cc(I)c2I)c1. The van der Waals surface area contributed by atoms with Gasteiger partial charge in [-0.2, -0.15) is 0 Å². The Hall–Kier alpha value is -0.630. The van der Waals surface area contributed by atoms with Crippen LogP contribution in [0.2, 0.25) is 10.0 Å². The highest BCUT2D eigenvalue weighted by Crippen LogP contribution is 2.27. The van der Waals surface area contributed by atoms with Crippen LogP contribution < -0.4 is 10.6 Å². The van der Waals surface area contributed by atoms with Crippen LogP contribution in [-0.4, -0.2) is 11.8 Å². The molecule has 0 aliphatic heterocycles. The van der Waals surface area contributed by atoms with Gasteiger partial charge in [-0.15, -0.1) is 0 Å². The van der Waals surface area contributed by atoms with Gasteiger partial charge in [0.2, 0.25) is 0 Å². The van der Waals surface area contributed by atoms with Crippen LogP contribution in [0.5, 0.6) is 0 Å². The van der Waals surface area contributed by atoms with E-state index in [-0.39, 0.29) is 11.8 Å². The lowest BCUT2D eigenvalue weighted by atomic mass is 10.1. The molecule has 3 rings (SSSR count). The van der Waals surface area contributed by atoms with Gasteiger partial charge in [0.05, 0.1) is 16.3 Å². The van der Waals surface area contributed by atoms with E-state index in [1.165, 1.54) is 0 Å². The number of nitrogens with one attached hydrogen (secondary N) is 2. The van der Waals surface area contributed by atoms with Gasteiger partial charge in [0.1, 0.15) is 0 Å². The normalized spacial score (nSPS) is 10.5. The molecule has 0 fully saturated rings. The van der Waals surface area contributed by atoms with Gasteiger partial charge in [-0.3, -0.25) is 9.59 Å². The molecule has 3 aromatic rings. The van der Waals surface area contributed by atoms with Gasteiger partial charge < -0.3 is 10.6 Å². The summed E-state index contributed by atoms with van der Waals surface area (Å²) in [7, 11) is 0. The summed E-state index contributed by atoms with van der Waals surface area (Å²) in [6, 6.07) is 15.4. The fraction of sp³-hybridized carbons (Fsp3) is 0. The number of halogens is 5. The maximum Gasteiger partial charge on any atom is 0.256 e. The first kappa shape index (κ1) is 23.0. The van der Waals surface area contributed by atoms with E-state index < -0.39 is 0 Å². The summed E-state index contributed by atoms with van der Waals surface area (Å²) in [6.45, 7) is 0. The summed E-state index contributed by atoms with van der Waals surface area (Å²) in [5, 5.41) is 6.44. The molecule has 4 nitrogen and oxygen atoms in total. The number of amides is 2. The molecule has 2 amide bonds. The zero-order valence-corrected chi connectivity index (χ0v) is 22.4. The summed E-state index contributed by atoms with van der Waals surface area (Å²) in [4.78, 5) is 25.4. The summed E-state index contributed by atoms with van der Waals surface area (Å²) >= 11 is 18.7. The lowest BCUT2D eigenvalue weighted by molar-refractivity contribution is 0.101. The maximum atomic E-state index is 12.8. The molecule has 0 radical (unpaired) electrons. The topological polar surface area (TPSA) is 58.2 Å². The quantitative estimate of drug-likeness (QED) is 0.217. The van der Waals surface area contributed by atoms with Crippen LogP contribution >= 0.6 is 91.0 Å². The Kier molecular flexibility index (Phi) is 8.04. The number of carbonyl (C=O) groups excluding carboxylic acids is 2. The second kappa shape index (κ2) is 10.1. The fourth-order valence-electron chi connectivity index (χ4n) is 2.44. The van der Waals surface area contributed by atoms with Crippen molar-refractivity contribution < 1.29 is 9.59 Å². The van der Waals surface area contributed by atoms with Crippen molar-refractivity contribution in [3.05, 3.63) is 86.5 Å². The highest BCUT2D eigenvalue weighted by atomic mass is 127. The van der Waals surface area contributed by atoms with E-state index in [1.54, 1.807) is 42.5 Å². The Morgan fingerprint density at radius 3 is 2.31 bits per heavy atom. The molecule has 0 heterocycles. The van der Waals surface area contributed by atoms with Crippen molar-refractivity contribution >= 4 is 114 Å². The molecule has 0 aliphatic carbocycles. The van der Waals surface area contributed by atoms with Crippen molar-refractivity contribution in [2.24, 2.45) is 0 Å². The third kappa shape index (κ3) is 5.96. The number of hydrogen-bond acceptors (Lipinski definition) is 2. The van der Waals surface area contributed by atoms with Gasteiger partial charge in [-0.25, -0.2) is 0 Å². The molecule has 3 aromatic carbocycles. The van der Waals surface area contributed by atoms with Crippen LogP contribution in [-0.2, 0) is 0 Å². The van der Waals surface area contributed by atoms with Gasteiger partial charge in [0.15, 0.2) is 0 Å². The number of benzene rings is 3. The molecule has 0 atom stereocenters. The summed E-state index contributed by atoms with van der Waals surface area (Å²) < 4.78 is 2.80. The number of anilines is 2. The lowest BCUT2D eigenvalue weighted by Gasteiger charge is -2.12. The van der Waals surface area contributed by atoms with Crippen LogP contribution in [0.25, 0.3) is 0 Å². The number of carbonyl (C=O) groups is 2. The van der Waals surface area contributed by atoms with Crippen LogP contribution in [0.15, 0.2) is 54.6 Å². The molecule has 9 heteroatoms. The molecule has 0 aliphatic rings. The van der Waals surface area contributed by atoms with E-state index in [1.807, 2.05) is 12.1 Å². The third-order valence-corrected chi connectivity index (χ3v) is 8.03. The smallest absolute Gasteiger partial charge is 0.256 e. The molecule has 2 N–H and O–H groups in total. The van der Waals surface area contributed by atoms with Crippen molar-refractivity contribution in [3.8, 4) is 0 Å². The number of hydrogen-bond donors (Lipinski definition) is 2. The van der Waals surface area contributed by atoms with Crippen LogP contribution in [0.4, 0.5) is 11.4 Å². The second-order valence-electron chi connectivity index (χ2n) is 5.86. The van der Waals surface area contributed by atoms with Crippen molar-refractivity contribution in [1.29, 1.82) is 0 Å². The van der Waals surface area contributed by atoms with E-state index in [2.05, 4.69) is 78.4 Å². The van der Waals surface area contributed by atoms with Crippen LogP contribution in [0.3, 0.4) is 0 Å². The molecule has 148 valence electrons. The molecule has 0 bridgehead atoms. The van der Waals surface area contributed by atoms with E-state index in [0.717, 1.165) is 10.7 Å². The van der Waals surface area contributed by atoms with E-state index in [0.29, 0.717) is 32.5 Å². The lowest BCUT2D eigenvalue weighted by Crippen LogP contribution is -2.16. The van der Waals surface area contributed by atoms with Gasteiger partial charge in [0, 0.05) is 27.0 Å². The Labute approximate surface area is 218 Å². The van der Waals surface area contributed by atoms with Gasteiger partial charge in [-0.05, 0) is 116 Å². The average molecular weight is 763 g/mol. The van der Waals surface area contributed by atoms with E-state index >= 15 is 0 Å². The van der Waals surface area contributed by atoms with Crippen LogP contribution in [0.1, 0.15) is 20.7 Å². The Balaban J connectivity index is 1.84. The minimum atomic E-state index is -0.335. The zero-order valence-electron chi connectivity index (χ0n) is 14.4. The zero-order chi connectivity index (χ0) is 21.1. The second-order valence-corrected chi connectivity index (χ2v) is 10.2. The Morgan fingerprint density at radius 2 is 1.59 bits per heavy atom. The van der Waals surface area contributed by atoms with E-state index in [9.17, 15) is 9.59 Å². The molecule has 29 heavy (non-hydrogen) atoms. The highest BCUT2D eigenvalue weighted by Gasteiger charge is 2.16. The standard InChI is InChI=1S/C20H11Cl2I3N2O2/c21-11-2-1-3-13(7-11)26-19(28)10-4-5-15(22)17(6-10)27-20(29)14-8-12(23)9-16(24)18(14)25/h1-9H,(H,26,28)(H,27,29). The predicted molar refractivity (Wildman–Crippen MR) is 143 cm³/mol. The van der Waals surface area contributed by atoms with Gasteiger partial charge >= 0.3 is 0 Å². The monoisotopic (exact) mass is 762 g/mol. The first-order valence-electron chi connectivity index (χ1n) is 8.07. The average Bonchev–Trinajstić information content (AvgIpc) is 2.66. The minimum absolute atomic E-state index is 0.292. The molecule has 0 aromatic heterocycles. The van der Waals surface area contributed by atoms with Gasteiger partial charge in [0.25, 0.3) is 11.8 Å². The molecular formula is C20H11Cl2I3N2O2. The Bertz CT molecular complexity index is 1120. The molecular weight excluding hydrogens is 752 g/mol. The summed E-state index contributed by atoms with van der Waals surface area (Å²) in [6.07, 6.45) is 0. The summed E-state index contributed by atoms with van der Waals surface area (Å²) in [5.74, 6) is -0.627. The third-order valence-electron chi connectivity index (χ3n) is 3.80. The summed E-state index contributed by atoms with van der Waals surface area (Å²) in [5.41, 5.74) is 1.84. The molecule has 0 spiro atoms. The minimum Gasteiger partial charge on any atom is -0.322 e. The molecule has 0 saturated heterocycles. The van der Waals surface area contributed by atoms with Gasteiger partial charge in [-0.1, -0.05) is 29.3 Å². The van der Waals surface area contributed by atoms with E-state index in [4.69, 9.17) is 23.2 Å². The molecule has 0 unspecified atom stereocenters. The maximum absolute atomic E-state index is 12.8.